The maximum Gasteiger partial charge on any atom is 0.333 e. The predicted molar refractivity (Wildman–Crippen MR) is 106 cm³/mol. The van der Waals surface area contributed by atoms with Crippen LogP contribution in [0.25, 0.3) is 0 Å². The third-order valence-corrected chi connectivity index (χ3v) is 3.91. The van der Waals surface area contributed by atoms with Crippen LogP contribution in [0.15, 0.2) is 34.9 Å². The smallest absolute Gasteiger partial charge is 0.333 e. The van der Waals surface area contributed by atoms with Gasteiger partial charge >= 0.3 is 17.9 Å². The molecule has 0 aliphatic rings. The molecule has 0 saturated carbocycles. The number of aliphatic hydroxyl groups excluding tert-OH is 1. The Balaban J connectivity index is 4.17. The molecule has 0 heterocycles. The van der Waals surface area contributed by atoms with Crippen LogP contribution in [0.1, 0.15) is 59.8 Å². The Hall–Kier alpha value is -2.41. The number of carboxylic acids is 1. The molecule has 0 aromatic carbocycles. The summed E-state index contributed by atoms with van der Waals surface area (Å²) in [6.07, 6.45) is 7.34. The average molecular weight is 396 g/mol. The molecular weight excluding hydrogens is 364 g/mol. The first-order chi connectivity index (χ1) is 13.2. The second-order valence-corrected chi connectivity index (χ2v) is 6.56. The summed E-state index contributed by atoms with van der Waals surface area (Å²) < 4.78 is 10.4. The zero-order chi connectivity index (χ0) is 21.5. The van der Waals surface area contributed by atoms with Gasteiger partial charge in [-0.15, -0.1) is 0 Å². The molecule has 0 rings (SSSR count). The van der Waals surface area contributed by atoms with Crippen molar-refractivity contribution in [2.45, 2.75) is 65.9 Å². The summed E-state index contributed by atoms with van der Waals surface area (Å²) in [5.41, 5.74) is 1.19. The highest BCUT2D eigenvalue weighted by molar-refractivity contribution is 5.88. The Morgan fingerprint density at radius 3 is 2.11 bits per heavy atom. The molecular formula is C21H32O7. The lowest BCUT2D eigenvalue weighted by Crippen LogP contribution is -2.15. The number of unbranched alkanes of at least 4 members (excludes halogenated alkanes) is 2. The topological polar surface area (TPSA) is 110 Å². The van der Waals surface area contributed by atoms with Crippen LogP contribution in [0.5, 0.6) is 0 Å². The van der Waals surface area contributed by atoms with Crippen molar-refractivity contribution >= 4 is 17.9 Å². The lowest BCUT2D eigenvalue weighted by molar-refractivity contribution is -0.143. The van der Waals surface area contributed by atoms with Crippen LogP contribution < -0.4 is 0 Å². The van der Waals surface area contributed by atoms with Gasteiger partial charge in [-0.05, 0) is 53.4 Å². The molecule has 0 aromatic rings. The molecule has 0 aliphatic carbocycles. The van der Waals surface area contributed by atoms with Gasteiger partial charge in [0.25, 0.3) is 0 Å². The monoisotopic (exact) mass is 396 g/mol. The highest BCUT2D eigenvalue weighted by Crippen LogP contribution is 2.09. The standard InChI is InChI=1S/C21H32O7/c1-15(19(23)24)9-6-5-7-14-27-20(25)17(3)11-12-18(4)28-21(26)16(2)10-8-13-22/h9-11,18,22H,5-8,12-14H2,1-4H3,(H,23,24). The van der Waals surface area contributed by atoms with Crippen molar-refractivity contribution < 1.29 is 34.1 Å². The van der Waals surface area contributed by atoms with Crippen LogP contribution in [-0.4, -0.2) is 47.4 Å². The Labute approximate surface area is 166 Å². The Morgan fingerprint density at radius 2 is 1.50 bits per heavy atom. The van der Waals surface area contributed by atoms with Crippen LogP contribution in [-0.2, 0) is 23.9 Å². The van der Waals surface area contributed by atoms with Crippen LogP contribution >= 0.6 is 0 Å². The van der Waals surface area contributed by atoms with Crippen molar-refractivity contribution in [3.05, 3.63) is 34.9 Å². The predicted octanol–water partition coefficient (Wildman–Crippen LogP) is 3.33. The van der Waals surface area contributed by atoms with Crippen molar-refractivity contribution in [1.82, 2.24) is 0 Å². The fourth-order valence-corrected chi connectivity index (χ4v) is 2.05. The van der Waals surface area contributed by atoms with Gasteiger partial charge in [-0.2, -0.15) is 0 Å². The van der Waals surface area contributed by atoms with Crippen LogP contribution in [0.3, 0.4) is 0 Å². The number of carboxylic acid groups (broad SMARTS) is 1. The van der Waals surface area contributed by atoms with E-state index in [0.29, 0.717) is 42.4 Å². The molecule has 1 atom stereocenters. The molecule has 1 unspecified atom stereocenters. The highest BCUT2D eigenvalue weighted by Gasteiger charge is 2.12. The van der Waals surface area contributed by atoms with Gasteiger partial charge in [0, 0.05) is 29.7 Å². The third kappa shape index (κ3) is 12.1. The van der Waals surface area contributed by atoms with Gasteiger partial charge in [0.2, 0.25) is 0 Å². The largest absolute Gasteiger partial charge is 0.478 e. The number of rotatable bonds is 13. The molecule has 158 valence electrons. The highest BCUT2D eigenvalue weighted by atomic mass is 16.5. The van der Waals surface area contributed by atoms with Crippen LogP contribution in [0.2, 0.25) is 0 Å². The van der Waals surface area contributed by atoms with E-state index >= 15 is 0 Å². The van der Waals surface area contributed by atoms with E-state index in [9.17, 15) is 14.4 Å². The zero-order valence-corrected chi connectivity index (χ0v) is 17.2. The van der Waals surface area contributed by atoms with Gasteiger partial charge in [-0.1, -0.05) is 18.2 Å². The van der Waals surface area contributed by atoms with Gasteiger partial charge < -0.3 is 19.7 Å². The molecule has 7 nitrogen and oxygen atoms in total. The summed E-state index contributed by atoms with van der Waals surface area (Å²) in [5.74, 6) is -1.79. The number of ether oxygens (including phenoxy) is 2. The zero-order valence-electron chi connectivity index (χ0n) is 17.2. The SMILES string of the molecule is CC(=CCCCCOC(=O)C(C)=CCC(C)OC(=O)C(C)=CCCO)C(=O)O. The van der Waals surface area contributed by atoms with E-state index in [-0.39, 0.29) is 13.2 Å². The number of aliphatic hydroxyl groups is 1. The van der Waals surface area contributed by atoms with Crippen molar-refractivity contribution in [2.75, 3.05) is 13.2 Å². The Kier molecular flexibility index (Phi) is 13.4. The lowest BCUT2D eigenvalue weighted by atomic mass is 10.2. The minimum Gasteiger partial charge on any atom is -0.478 e. The van der Waals surface area contributed by atoms with Crippen LogP contribution in [0.4, 0.5) is 0 Å². The summed E-state index contributed by atoms with van der Waals surface area (Å²) in [6.45, 7) is 6.79. The van der Waals surface area contributed by atoms with Crippen molar-refractivity contribution in [3.63, 3.8) is 0 Å². The van der Waals surface area contributed by atoms with Gasteiger partial charge in [0.15, 0.2) is 0 Å². The number of hydrogen-bond acceptors (Lipinski definition) is 6. The van der Waals surface area contributed by atoms with Gasteiger partial charge in [-0.3, -0.25) is 0 Å². The molecule has 0 saturated heterocycles. The van der Waals surface area contributed by atoms with E-state index in [1.54, 1.807) is 45.9 Å². The second-order valence-electron chi connectivity index (χ2n) is 6.56. The van der Waals surface area contributed by atoms with E-state index in [1.165, 1.54) is 0 Å². The molecule has 0 aliphatic heterocycles. The molecule has 0 aromatic heterocycles. The number of carbonyl (C=O) groups is 3. The molecule has 2 N–H and O–H groups in total. The summed E-state index contributed by atoms with van der Waals surface area (Å²) in [7, 11) is 0. The minimum atomic E-state index is -0.927. The fraction of sp³-hybridized carbons (Fsp3) is 0.571. The van der Waals surface area contributed by atoms with Crippen molar-refractivity contribution in [2.24, 2.45) is 0 Å². The molecule has 0 spiro atoms. The third-order valence-electron chi connectivity index (χ3n) is 3.91. The number of allylic oxidation sites excluding steroid dienone is 1. The number of carbonyl (C=O) groups excluding carboxylic acids is 2. The lowest BCUT2D eigenvalue weighted by Gasteiger charge is -2.12. The first kappa shape index (κ1) is 25.6. The van der Waals surface area contributed by atoms with Crippen LogP contribution in [0, 0.1) is 0 Å². The molecule has 0 amide bonds. The number of hydrogen-bond donors (Lipinski definition) is 2. The van der Waals surface area contributed by atoms with Gasteiger partial charge in [0.1, 0.15) is 6.10 Å². The molecule has 0 fully saturated rings. The summed E-state index contributed by atoms with van der Waals surface area (Å²) in [5, 5.41) is 17.5. The van der Waals surface area contributed by atoms with Crippen molar-refractivity contribution in [3.8, 4) is 0 Å². The normalized spacial score (nSPS) is 13.8. The van der Waals surface area contributed by atoms with E-state index in [4.69, 9.17) is 19.7 Å². The number of aliphatic carboxylic acids is 1. The van der Waals surface area contributed by atoms with E-state index < -0.39 is 24.0 Å². The molecule has 0 radical (unpaired) electrons. The summed E-state index contributed by atoms with van der Waals surface area (Å²) in [6, 6.07) is 0. The molecule has 0 bridgehead atoms. The maximum atomic E-state index is 11.9. The van der Waals surface area contributed by atoms with Crippen molar-refractivity contribution in [1.29, 1.82) is 0 Å². The van der Waals surface area contributed by atoms with Gasteiger partial charge in [0.05, 0.1) is 6.61 Å². The van der Waals surface area contributed by atoms with E-state index in [2.05, 4.69) is 0 Å². The first-order valence-electron chi connectivity index (χ1n) is 9.41. The maximum absolute atomic E-state index is 11.9. The second kappa shape index (κ2) is 14.6. The average Bonchev–Trinajstić information content (AvgIpc) is 2.65. The Morgan fingerprint density at radius 1 is 0.893 bits per heavy atom. The molecule has 28 heavy (non-hydrogen) atoms. The van der Waals surface area contributed by atoms with E-state index in [1.807, 2.05) is 0 Å². The van der Waals surface area contributed by atoms with Gasteiger partial charge in [-0.25, -0.2) is 14.4 Å². The minimum absolute atomic E-state index is 0.0249. The van der Waals surface area contributed by atoms with E-state index in [0.717, 1.165) is 6.42 Å². The quantitative estimate of drug-likeness (QED) is 0.279. The number of esters is 2. The molecule has 7 heteroatoms. The first-order valence-corrected chi connectivity index (χ1v) is 9.41. The Bertz CT molecular complexity index is 614. The summed E-state index contributed by atoms with van der Waals surface area (Å²) in [4.78, 5) is 34.4. The summed E-state index contributed by atoms with van der Waals surface area (Å²) >= 11 is 0. The fourth-order valence-electron chi connectivity index (χ4n) is 2.05.